The van der Waals surface area contributed by atoms with Crippen molar-refractivity contribution in [3.05, 3.63) is 131 Å². The second-order valence-electron chi connectivity index (χ2n) is 10.2. The number of aromatic nitrogens is 1. The van der Waals surface area contributed by atoms with E-state index in [0.29, 0.717) is 48.2 Å². The lowest BCUT2D eigenvalue weighted by Crippen LogP contribution is -2.37. The molecule has 220 valence electrons. The number of aliphatic hydroxyl groups is 1. The Labute approximate surface area is 256 Å². The smallest absolute Gasteiger partial charge is 0.255 e. The molecule has 43 heavy (non-hydrogen) atoms. The number of hydrogen-bond acceptors (Lipinski definition) is 6. The number of aliphatic hydroxyl groups excluding tert-OH is 1. The number of ether oxygens (including phenoxy) is 2. The van der Waals surface area contributed by atoms with Crippen molar-refractivity contribution in [3.8, 4) is 16.9 Å². The van der Waals surface area contributed by atoms with Crippen LogP contribution in [0, 0.1) is 0 Å². The van der Waals surface area contributed by atoms with Gasteiger partial charge in [0.05, 0.1) is 18.8 Å². The Hall–Kier alpha value is -4.27. The molecule has 2 unspecified atom stereocenters. The zero-order valence-corrected chi connectivity index (χ0v) is 24.6. The van der Waals surface area contributed by atoms with E-state index < -0.39 is 6.29 Å². The summed E-state index contributed by atoms with van der Waals surface area (Å²) >= 11 is 6.05. The summed E-state index contributed by atoms with van der Waals surface area (Å²) in [6.45, 7) is 4.00. The van der Waals surface area contributed by atoms with Crippen LogP contribution in [0.15, 0.2) is 109 Å². The Morgan fingerprint density at radius 2 is 1.67 bits per heavy atom. The second-order valence-corrected chi connectivity index (χ2v) is 10.7. The number of nitrogens with zero attached hydrogens (tertiary/aromatic N) is 1. The monoisotopic (exact) mass is 595 g/mol. The van der Waals surface area contributed by atoms with Crippen LogP contribution >= 0.6 is 11.6 Å². The zero-order valence-electron chi connectivity index (χ0n) is 23.9. The maximum absolute atomic E-state index is 13.2. The van der Waals surface area contributed by atoms with Crippen molar-refractivity contribution in [1.82, 2.24) is 15.6 Å². The molecular weight excluding hydrogens is 562 g/mol. The molecule has 7 nitrogen and oxygen atoms in total. The minimum Gasteiger partial charge on any atom is -0.460 e. The molecule has 0 fully saturated rings. The van der Waals surface area contributed by atoms with Gasteiger partial charge in [-0.25, -0.2) is 0 Å². The highest BCUT2D eigenvalue weighted by atomic mass is 35.5. The van der Waals surface area contributed by atoms with Crippen LogP contribution in [0.25, 0.3) is 21.9 Å². The number of halogens is 1. The number of benzene rings is 4. The van der Waals surface area contributed by atoms with Crippen LogP contribution in [-0.2, 0) is 11.3 Å². The molecule has 0 spiro atoms. The molecule has 0 aliphatic carbocycles. The van der Waals surface area contributed by atoms with Gasteiger partial charge in [-0.2, -0.15) is 0 Å². The Balaban J connectivity index is 1.13. The van der Waals surface area contributed by atoms with Crippen LogP contribution < -0.4 is 15.4 Å². The van der Waals surface area contributed by atoms with Crippen LogP contribution in [0.4, 0.5) is 0 Å². The van der Waals surface area contributed by atoms with Gasteiger partial charge in [0, 0.05) is 42.1 Å². The Bertz CT molecular complexity index is 1650. The topological polar surface area (TPSA) is 92.7 Å². The van der Waals surface area contributed by atoms with Crippen LogP contribution in [0.3, 0.4) is 0 Å². The van der Waals surface area contributed by atoms with Crippen molar-refractivity contribution in [1.29, 1.82) is 0 Å². The Morgan fingerprint density at radius 1 is 0.930 bits per heavy atom. The molecular formula is C35H34ClN3O4. The lowest BCUT2D eigenvalue weighted by molar-refractivity contribution is -0.0200. The van der Waals surface area contributed by atoms with Crippen LogP contribution in [0.1, 0.15) is 34.7 Å². The fourth-order valence-corrected chi connectivity index (χ4v) is 4.88. The molecule has 1 aromatic heterocycles. The summed E-state index contributed by atoms with van der Waals surface area (Å²) in [6, 6.07) is 30.7. The first kappa shape index (κ1) is 30.2. The average Bonchev–Trinajstić information content (AvgIpc) is 3.04. The van der Waals surface area contributed by atoms with Crippen LogP contribution in [0.5, 0.6) is 5.75 Å². The van der Waals surface area contributed by atoms with Gasteiger partial charge in [-0.15, -0.1) is 0 Å². The van der Waals surface area contributed by atoms with Crippen molar-refractivity contribution in [2.24, 2.45) is 0 Å². The fraction of sp³-hybridized carbons (Fsp3) is 0.200. The summed E-state index contributed by atoms with van der Waals surface area (Å²) < 4.78 is 11.9. The predicted molar refractivity (Wildman–Crippen MR) is 170 cm³/mol. The molecule has 0 radical (unpaired) electrons. The molecule has 2 atom stereocenters. The van der Waals surface area contributed by atoms with Crippen LogP contribution in [-0.4, -0.2) is 41.7 Å². The van der Waals surface area contributed by atoms with Gasteiger partial charge in [0.1, 0.15) is 5.75 Å². The summed E-state index contributed by atoms with van der Waals surface area (Å²) in [6.07, 6.45) is 1.89. The van der Waals surface area contributed by atoms with Crippen LogP contribution in [0.2, 0.25) is 5.02 Å². The van der Waals surface area contributed by atoms with Gasteiger partial charge in [0.15, 0.2) is 0 Å². The first-order valence-electron chi connectivity index (χ1n) is 14.2. The molecule has 4 aromatic carbocycles. The molecule has 5 rings (SSSR count). The van der Waals surface area contributed by atoms with Gasteiger partial charge < -0.3 is 25.2 Å². The third kappa shape index (κ3) is 8.18. The number of amides is 1. The van der Waals surface area contributed by atoms with Crippen molar-refractivity contribution >= 4 is 28.3 Å². The van der Waals surface area contributed by atoms with E-state index in [1.165, 1.54) is 6.20 Å². The average molecular weight is 596 g/mol. The van der Waals surface area contributed by atoms with E-state index in [9.17, 15) is 9.90 Å². The molecule has 1 heterocycles. The first-order chi connectivity index (χ1) is 21.0. The number of fused-ring (bicyclic) bond motifs is 1. The predicted octanol–water partition coefficient (Wildman–Crippen LogP) is 6.55. The minimum atomic E-state index is -1.26. The summed E-state index contributed by atoms with van der Waals surface area (Å²) in [5.41, 5.74) is 4.16. The summed E-state index contributed by atoms with van der Waals surface area (Å²) in [4.78, 5) is 17.3. The van der Waals surface area contributed by atoms with E-state index in [2.05, 4.69) is 27.8 Å². The minimum absolute atomic E-state index is 0.0776. The van der Waals surface area contributed by atoms with Gasteiger partial charge in [0.2, 0.25) is 6.29 Å². The van der Waals surface area contributed by atoms with Gasteiger partial charge in [-0.1, -0.05) is 72.3 Å². The van der Waals surface area contributed by atoms with Crippen molar-refractivity contribution < 1.29 is 19.4 Å². The molecule has 8 heteroatoms. The maximum atomic E-state index is 13.2. The van der Waals surface area contributed by atoms with E-state index in [4.69, 9.17) is 21.1 Å². The quantitative estimate of drug-likeness (QED) is 0.106. The van der Waals surface area contributed by atoms with Crippen molar-refractivity contribution in [2.75, 3.05) is 19.7 Å². The highest BCUT2D eigenvalue weighted by Gasteiger charge is 2.18. The highest BCUT2D eigenvalue weighted by Crippen LogP contribution is 2.30. The second kappa shape index (κ2) is 14.8. The van der Waals surface area contributed by atoms with E-state index in [1.54, 1.807) is 30.5 Å². The van der Waals surface area contributed by atoms with E-state index >= 15 is 0 Å². The summed E-state index contributed by atoms with van der Waals surface area (Å²) in [5.74, 6) is 0.00445. The van der Waals surface area contributed by atoms with Gasteiger partial charge in [-0.05, 0) is 70.8 Å². The summed E-state index contributed by atoms with van der Waals surface area (Å²) in [7, 11) is 0. The molecule has 0 bridgehead atoms. The third-order valence-corrected chi connectivity index (χ3v) is 7.25. The zero-order chi connectivity index (χ0) is 30.0. The van der Waals surface area contributed by atoms with E-state index in [-0.39, 0.29) is 11.9 Å². The van der Waals surface area contributed by atoms with Gasteiger partial charge >= 0.3 is 0 Å². The molecule has 5 aromatic rings. The molecule has 1 amide bonds. The molecule has 3 N–H and O–H groups in total. The number of carbonyl (C=O) groups excluding carboxylic acids is 1. The maximum Gasteiger partial charge on any atom is 0.255 e. The number of carbonyl (C=O) groups is 1. The largest absolute Gasteiger partial charge is 0.460 e. The molecule has 0 aliphatic rings. The number of pyridine rings is 1. The molecule has 0 saturated carbocycles. The van der Waals surface area contributed by atoms with E-state index in [0.717, 1.165) is 27.5 Å². The Kier molecular flexibility index (Phi) is 10.4. The highest BCUT2D eigenvalue weighted by molar-refractivity contribution is 6.30. The van der Waals surface area contributed by atoms with Crippen molar-refractivity contribution in [2.45, 2.75) is 25.9 Å². The van der Waals surface area contributed by atoms with Gasteiger partial charge in [0.25, 0.3) is 5.91 Å². The molecule has 0 saturated heterocycles. The van der Waals surface area contributed by atoms with Gasteiger partial charge in [-0.3, -0.25) is 9.78 Å². The molecule has 0 aliphatic heterocycles. The van der Waals surface area contributed by atoms with E-state index in [1.807, 2.05) is 67.6 Å². The fourth-order valence-electron chi connectivity index (χ4n) is 4.76. The normalized spacial score (nSPS) is 12.5. The number of rotatable bonds is 13. The lowest BCUT2D eigenvalue weighted by Gasteiger charge is -2.18. The number of nitrogens with one attached hydrogen (secondary N) is 2. The number of hydrogen-bond donors (Lipinski definition) is 3. The SMILES string of the molecule is CC(COCc1ccccc1-c1ccc(Cl)cc1)NCCNC(=O)c1cc2ccccc2cc1OC(O)c1cccnc1. The standard InChI is InChI=1S/C35H34ClN3O4/c1-24(22-42-23-29-9-4-5-11-31(29)25-12-14-30(36)15-13-25)38-17-18-39-34(40)32-19-26-7-2-3-8-27(26)20-33(32)43-35(41)28-10-6-16-37-21-28/h2-16,19-21,24,35,38,41H,17-18,22-23H2,1H3,(H,39,40). The first-order valence-corrected chi connectivity index (χ1v) is 14.6. The summed E-state index contributed by atoms with van der Waals surface area (Å²) in [5, 5.41) is 19.5. The lowest BCUT2D eigenvalue weighted by atomic mass is 10.0. The Morgan fingerprint density at radius 3 is 2.44 bits per heavy atom. The van der Waals surface area contributed by atoms with Crippen molar-refractivity contribution in [3.63, 3.8) is 0 Å². The third-order valence-electron chi connectivity index (χ3n) is 7.00.